The molecule has 2 fully saturated rings. The monoisotopic (exact) mass is 384 g/mol. The summed E-state index contributed by atoms with van der Waals surface area (Å²) >= 11 is 0. The summed E-state index contributed by atoms with van der Waals surface area (Å²) in [4.78, 5) is 17.3. The van der Waals surface area contributed by atoms with Crippen LogP contribution in [0.3, 0.4) is 0 Å². The molecule has 0 aliphatic heterocycles. The maximum atomic E-state index is 12.8. The zero-order valence-corrected chi connectivity index (χ0v) is 16.4. The van der Waals surface area contributed by atoms with Crippen molar-refractivity contribution < 1.29 is 14.1 Å². The summed E-state index contributed by atoms with van der Waals surface area (Å²) in [7, 11) is 1.61. The van der Waals surface area contributed by atoms with Crippen molar-refractivity contribution in [3.63, 3.8) is 0 Å². The fraction of sp³-hybridized carbons (Fsp3) is 0.571. The number of hydrogen-bond acceptors (Lipinski definition) is 6. The molecule has 2 saturated carbocycles. The number of para-hydroxylation sites is 1. The number of carbonyl (C=O) groups is 1. The van der Waals surface area contributed by atoms with Gasteiger partial charge in [0, 0.05) is 12.0 Å². The average molecular weight is 384 g/mol. The summed E-state index contributed by atoms with van der Waals surface area (Å²) in [5, 5.41) is 7.11. The molecular formula is C21H28N4O3. The van der Waals surface area contributed by atoms with Gasteiger partial charge in [0.15, 0.2) is 0 Å². The van der Waals surface area contributed by atoms with Crippen molar-refractivity contribution >= 4 is 5.91 Å². The van der Waals surface area contributed by atoms with Gasteiger partial charge in [-0.05, 0) is 56.6 Å². The Morgan fingerprint density at radius 1 is 1.29 bits per heavy atom. The molecule has 0 spiro atoms. The minimum atomic E-state index is -0.348. The highest BCUT2D eigenvalue weighted by molar-refractivity contribution is 5.79. The van der Waals surface area contributed by atoms with Crippen molar-refractivity contribution in [3.8, 4) is 17.1 Å². The lowest BCUT2D eigenvalue weighted by molar-refractivity contribution is -0.128. The van der Waals surface area contributed by atoms with Crippen LogP contribution in [0.4, 0.5) is 0 Å². The quantitative estimate of drug-likeness (QED) is 0.821. The molecule has 1 heterocycles. The number of benzene rings is 1. The molecule has 1 amide bonds. The maximum Gasteiger partial charge on any atom is 0.249 e. The fourth-order valence-electron chi connectivity index (χ4n) is 4.75. The van der Waals surface area contributed by atoms with Gasteiger partial charge < -0.3 is 20.3 Å². The van der Waals surface area contributed by atoms with Gasteiger partial charge in [0.25, 0.3) is 0 Å². The molecule has 150 valence electrons. The third kappa shape index (κ3) is 3.63. The standard InChI is InChI=1S/C21H28N4O3/c1-12(21-24-19(25-28-21)16-8-3-4-9-17(16)27-2)23-20(26)15-10-13-6-5-7-14(11-15)18(13)22/h3-4,8-9,12-15,18H,5-7,10-11,22H2,1-2H3,(H,23,26). The van der Waals surface area contributed by atoms with Gasteiger partial charge >= 0.3 is 0 Å². The van der Waals surface area contributed by atoms with Crippen molar-refractivity contribution in [2.24, 2.45) is 23.5 Å². The van der Waals surface area contributed by atoms with E-state index in [9.17, 15) is 4.79 Å². The molecule has 2 aromatic rings. The van der Waals surface area contributed by atoms with Crippen LogP contribution in [0.15, 0.2) is 28.8 Å². The Morgan fingerprint density at radius 3 is 2.71 bits per heavy atom. The summed E-state index contributed by atoms with van der Waals surface area (Å²) < 4.78 is 10.8. The lowest BCUT2D eigenvalue weighted by Crippen LogP contribution is -2.49. The first-order chi connectivity index (χ1) is 13.6. The largest absolute Gasteiger partial charge is 0.496 e. The molecule has 2 aliphatic rings. The van der Waals surface area contributed by atoms with Crippen LogP contribution in [-0.4, -0.2) is 29.2 Å². The third-order valence-electron chi connectivity index (χ3n) is 6.30. The topological polar surface area (TPSA) is 103 Å². The normalized spacial score (nSPS) is 27.8. The predicted molar refractivity (Wildman–Crippen MR) is 104 cm³/mol. The number of amides is 1. The number of aromatic nitrogens is 2. The van der Waals surface area contributed by atoms with E-state index < -0.39 is 0 Å². The molecule has 4 rings (SSSR count). The second-order valence-corrected chi connectivity index (χ2v) is 8.08. The summed E-state index contributed by atoms with van der Waals surface area (Å²) in [5.74, 6) is 2.55. The molecule has 7 heteroatoms. The first-order valence-corrected chi connectivity index (χ1v) is 10.1. The second-order valence-electron chi connectivity index (χ2n) is 8.08. The van der Waals surface area contributed by atoms with E-state index in [1.807, 2.05) is 31.2 Å². The SMILES string of the molecule is COc1ccccc1-c1noc(C(C)NC(=O)C2CC3CCCC(C2)C3N)n1. The van der Waals surface area contributed by atoms with Gasteiger partial charge in [0.1, 0.15) is 11.8 Å². The molecular weight excluding hydrogens is 356 g/mol. The Labute approximate surface area is 165 Å². The second kappa shape index (κ2) is 7.91. The fourth-order valence-corrected chi connectivity index (χ4v) is 4.75. The molecule has 0 saturated heterocycles. The zero-order chi connectivity index (χ0) is 19.7. The first-order valence-electron chi connectivity index (χ1n) is 10.1. The van der Waals surface area contributed by atoms with E-state index in [2.05, 4.69) is 15.5 Å². The van der Waals surface area contributed by atoms with Gasteiger partial charge in [-0.25, -0.2) is 0 Å². The first kappa shape index (κ1) is 18.9. The van der Waals surface area contributed by atoms with E-state index in [0.29, 0.717) is 29.3 Å². The van der Waals surface area contributed by atoms with Crippen molar-refractivity contribution in [3.05, 3.63) is 30.2 Å². The molecule has 2 aliphatic carbocycles. The van der Waals surface area contributed by atoms with E-state index in [4.69, 9.17) is 15.0 Å². The summed E-state index contributed by atoms with van der Waals surface area (Å²) in [5.41, 5.74) is 7.10. The number of fused-ring (bicyclic) bond motifs is 2. The van der Waals surface area contributed by atoms with Crippen molar-refractivity contribution in [1.29, 1.82) is 0 Å². The van der Waals surface area contributed by atoms with Gasteiger partial charge in [0.05, 0.1) is 12.7 Å². The molecule has 0 radical (unpaired) electrons. The van der Waals surface area contributed by atoms with Gasteiger partial charge in [-0.1, -0.05) is 23.7 Å². The van der Waals surface area contributed by atoms with Crippen molar-refractivity contribution in [1.82, 2.24) is 15.5 Å². The predicted octanol–water partition coefficient (Wildman–Crippen LogP) is 3.08. The number of carbonyl (C=O) groups excluding carboxylic acids is 1. The smallest absolute Gasteiger partial charge is 0.249 e. The minimum absolute atomic E-state index is 0.0224. The molecule has 2 bridgehead atoms. The number of nitrogens with one attached hydrogen (secondary N) is 1. The van der Waals surface area contributed by atoms with Gasteiger partial charge in [-0.15, -0.1) is 0 Å². The van der Waals surface area contributed by atoms with Gasteiger partial charge in [0.2, 0.25) is 17.6 Å². The van der Waals surface area contributed by atoms with Crippen LogP contribution in [0, 0.1) is 17.8 Å². The Kier molecular flexibility index (Phi) is 5.35. The minimum Gasteiger partial charge on any atom is -0.496 e. The average Bonchev–Trinajstić information content (AvgIpc) is 3.18. The summed E-state index contributed by atoms with van der Waals surface area (Å²) in [6, 6.07) is 7.41. The molecule has 28 heavy (non-hydrogen) atoms. The number of ether oxygens (including phenoxy) is 1. The molecule has 3 atom stereocenters. The molecule has 7 nitrogen and oxygen atoms in total. The summed E-state index contributed by atoms with van der Waals surface area (Å²) in [6.07, 6.45) is 5.28. The maximum absolute atomic E-state index is 12.8. The lowest BCUT2D eigenvalue weighted by atomic mass is 9.65. The van der Waals surface area contributed by atoms with Crippen LogP contribution >= 0.6 is 0 Å². The lowest BCUT2D eigenvalue weighted by Gasteiger charge is -2.43. The Bertz CT molecular complexity index is 823. The van der Waals surface area contributed by atoms with Crippen LogP contribution in [0.25, 0.3) is 11.4 Å². The molecule has 3 unspecified atom stereocenters. The molecule has 1 aromatic carbocycles. The number of methoxy groups -OCH3 is 1. The third-order valence-corrected chi connectivity index (χ3v) is 6.30. The van der Waals surface area contributed by atoms with Gasteiger partial charge in [-0.3, -0.25) is 4.79 Å². The van der Waals surface area contributed by atoms with Gasteiger partial charge in [-0.2, -0.15) is 4.98 Å². The molecule has 1 aromatic heterocycles. The highest BCUT2D eigenvalue weighted by atomic mass is 16.5. The number of rotatable bonds is 5. The van der Waals surface area contributed by atoms with Crippen LogP contribution < -0.4 is 15.8 Å². The Balaban J connectivity index is 1.42. The molecule has 3 N–H and O–H groups in total. The van der Waals surface area contributed by atoms with Crippen LogP contribution in [0.5, 0.6) is 5.75 Å². The van der Waals surface area contributed by atoms with E-state index in [1.165, 1.54) is 6.42 Å². The van der Waals surface area contributed by atoms with Crippen LogP contribution in [0.1, 0.15) is 51.0 Å². The van der Waals surface area contributed by atoms with E-state index >= 15 is 0 Å². The zero-order valence-electron chi connectivity index (χ0n) is 16.4. The number of hydrogen-bond donors (Lipinski definition) is 2. The number of nitrogens with zero attached hydrogens (tertiary/aromatic N) is 2. The highest BCUT2D eigenvalue weighted by Crippen LogP contribution is 2.42. The summed E-state index contributed by atoms with van der Waals surface area (Å²) in [6.45, 7) is 1.87. The number of nitrogens with two attached hydrogens (primary N) is 1. The van der Waals surface area contributed by atoms with E-state index in [1.54, 1.807) is 7.11 Å². The van der Waals surface area contributed by atoms with Crippen molar-refractivity contribution in [2.75, 3.05) is 7.11 Å². The Hall–Kier alpha value is -2.41. The van der Waals surface area contributed by atoms with Crippen LogP contribution in [0.2, 0.25) is 0 Å². The van der Waals surface area contributed by atoms with Crippen molar-refractivity contribution in [2.45, 2.75) is 51.1 Å². The Morgan fingerprint density at radius 2 is 2.00 bits per heavy atom. The van der Waals surface area contributed by atoms with Crippen LogP contribution in [-0.2, 0) is 4.79 Å². The highest BCUT2D eigenvalue weighted by Gasteiger charge is 2.40. The van der Waals surface area contributed by atoms with E-state index in [0.717, 1.165) is 31.2 Å². The van der Waals surface area contributed by atoms with E-state index in [-0.39, 0.29) is 23.9 Å².